The summed E-state index contributed by atoms with van der Waals surface area (Å²) >= 11 is 0. The fourth-order valence-electron chi connectivity index (χ4n) is 5.16. The number of ether oxygens (including phenoxy) is 1. The van der Waals surface area contributed by atoms with Crippen molar-refractivity contribution in [2.45, 2.75) is 31.5 Å². The molecule has 5 nitrogen and oxygen atoms in total. The van der Waals surface area contributed by atoms with E-state index in [0.29, 0.717) is 13.1 Å². The summed E-state index contributed by atoms with van der Waals surface area (Å²) in [6.07, 6.45) is 3.84. The second-order valence-electron chi connectivity index (χ2n) is 8.66. The maximum Gasteiger partial charge on any atom is 0.219 e. The van der Waals surface area contributed by atoms with Crippen molar-refractivity contribution >= 4 is 22.4 Å². The first-order chi connectivity index (χ1) is 15.1. The van der Waals surface area contributed by atoms with Crippen molar-refractivity contribution in [2.75, 3.05) is 13.1 Å². The number of likely N-dealkylation sites (tertiary alicyclic amines) is 1. The van der Waals surface area contributed by atoms with E-state index < -0.39 is 5.72 Å². The van der Waals surface area contributed by atoms with Gasteiger partial charge in [0.05, 0.1) is 11.7 Å². The summed E-state index contributed by atoms with van der Waals surface area (Å²) < 4.78 is 6.65. The van der Waals surface area contributed by atoms with Gasteiger partial charge in [0, 0.05) is 38.4 Å². The molecule has 156 valence electrons. The number of carbonyl (C=O) groups excluding carboxylic acids is 1. The molecule has 0 aliphatic carbocycles. The molecule has 1 atom stereocenters. The lowest BCUT2D eigenvalue weighted by Crippen LogP contribution is -2.63. The summed E-state index contributed by atoms with van der Waals surface area (Å²) in [7, 11) is 0. The Balaban J connectivity index is 1.39. The maximum absolute atomic E-state index is 11.9. The lowest BCUT2D eigenvalue weighted by atomic mass is 9.92. The molecule has 3 aliphatic heterocycles. The second kappa shape index (κ2) is 6.86. The number of amides is 1. The molecule has 3 heterocycles. The molecule has 1 spiro atoms. The van der Waals surface area contributed by atoms with Crippen LogP contribution in [0.4, 0.5) is 0 Å². The third kappa shape index (κ3) is 2.92. The Morgan fingerprint density at radius 3 is 2.55 bits per heavy atom. The molecule has 31 heavy (non-hydrogen) atoms. The van der Waals surface area contributed by atoms with Crippen LogP contribution in [0.1, 0.15) is 36.9 Å². The molecular weight excluding hydrogens is 386 g/mol. The molecule has 1 amide bonds. The molecule has 0 bridgehead atoms. The molecule has 3 aromatic rings. The van der Waals surface area contributed by atoms with E-state index in [1.165, 1.54) is 21.9 Å². The summed E-state index contributed by atoms with van der Waals surface area (Å²) in [6, 6.07) is 23.4. The fraction of sp³-hybridized carbons (Fsp3) is 0.269. The van der Waals surface area contributed by atoms with Crippen LogP contribution in [0, 0.1) is 0 Å². The smallest absolute Gasteiger partial charge is 0.219 e. The van der Waals surface area contributed by atoms with Gasteiger partial charge >= 0.3 is 0 Å². The van der Waals surface area contributed by atoms with Crippen molar-refractivity contribution in [3.63, 3.8) is 0 Å². The van der Waals surface area contributed by atoms with Gasteiger partial charge in [-0.3, -0.25) is 4.79 Å². The summed E-state index contributed by atoms with van der Waals surface area (Å²) in [6.45, 7) is 3.05. The van der Waals surface area contributed by atoms with Gasteiger partial charge in [0.2, 0.25) is 5.91 Å². The van der Waals surface area contributed by atoms with Gasteiger partial charge in [0.1, 0.15) is 5.75 Å². The van der Waals surface area contributed by atoms with Crippen LogP contribution in [0.3, 0.4) is 0 Å². The van der Waals surface area contributed by atoms with Crippen LogP contribution in [-0.4, -0.2) is 34.6 Å². The quantitative estimate of drug-likeness (QED) is 0.642. The van der Waals surface area contributed by atoms with Gasteiger partial charge in [-0.25, -0.2) is 0 Å². The zero-order valence-electron chi connectivity index (χ0n) is 17.5. The number of nitrogens with one attached hydrogen (secondary N) is 1. The number of hydrazine groups is 1. The Hall–Kier alpha value is -3.31. The molecule has 3 aromatic carbocycles. The minimum atomic E-state index is -0.472. The molecule has 3 aliphatic rings. The van der Waals surface area contributed by atoms with E-state index in [2.05, 4.69) is 77.2 Å². The molecule has 0 radical (unpaired) electrons. The Kier molecular flexibility index (Phi) is 4.08. The normalized spacial score (nSPS) is 21.8. The summed E-state index contributed by atoms with van der Waals surface area (Å²) in [5.41, 5.74) is 6.65. The van der Waals surface area contributed by atoms with Crippen molar-refractivity contribution in [1.29, 1.82) is 0 Å². The number of hydrogen-bond donors (Lipinski definition) is 1. The highest BCUT2D eigenvalue weighted by Gasteiger charge is 2.51. The van der Waals surface area contributed by atoms with Gasteiger partial charge in [0.15, 0.2) is 5.72 Å². The van der Waals surface area contributed by atoms with Crippen LogP contribution in [0.15, 0.2) is 72.8 Å². The number of carbonyl (C=O) groups is 1. The molecule has 0 aromatic heterocycles. The lowest BCUT2D eigenvalue weighted by molar-refractivity contribution is -0.165. The summed E-state index contributed by atoms with van der Waals surface area (Å²) in [4.78, 5) is 13.8. The minimum Gasteiger partial charge on any atom is -0.470 e. The largest absolute Gasteiger partial charge is 0.470 e. The first kappa shape index (κ1) is 18.5. The van der Waals surface area contributed by atoms with Crippen LogP contribution in [-0.2, 0) is 4.79 Å². The molecule has 1 fully saturated rings. The zero-order chi connectivity index (χ0) is 21.0. The SMILES string of the molecule is CC(=O)N1CCC2(CC1)Oc1ccccc1[C@@H]1C=C(c3ccc4ccccc4c3)NN12. The third-order valence-corrected chi connectivity index (χ3v) is 6.87. The second-order valence-corrected chi connectivity index (χ2v) is 8.66. The number of nitrogens with zero attached hydrogens (tertiary/aromatic N) is 2. The van der Waals surface area contributed by atoms with E-state index in [0.717, 1.165) is 24.3 Å². The molecule has 1 N–H and O–H groups in total. The van der Waals surface area contributed by atoms with Crippen molar-refractivity contribution in [3.05, 3.63) is 83.9 Å². The molecule has 6 rings (SSSR count). The Bertz CT molecular complexity index is 1210. The molecule has 0 saturated carbocycles. The fourth-order valence-corrected chi connectivity index (χ4v) is 5.16. The highest BCUT2D eigenvalue weighted by molar-refractivity contribution is 5.86. The number of fused-ring (bicyclic) bond motifs is 5. The topological polar surface area (TPSA) is 44.8 Å². The van der Waals surface area contributed by atoms with Crippen molar-refractivity contribution < 1.29 is 9.53 Å². The zero-order valence-corrected chi connectivity index (χ0v) is 17.5. The standard InChI is InChI=1S/C26H25N3O2/c1-18(30)28-14-12-26(13-15-28)29-24(22-8-4-5-9-25(22)31-26)17-23(27-29)21-11-10-19-6-2-3-7-20(19)16-21/h2-11,16-17,24,27H,12-15H2,1H3/t24-/m0/s1. The number of hydrogen-bond acceptors (Lipinski definition) is 4. The maximum atomic E-state index is 11.9. The minimum absolute atomic E-state index is 0.0929. The Labute approximate surface area is 181 Å². The van der Waals surface area contributed by atoms with E-state index >= 15 is 0 Å². The van der Waals surface area contributed by atoms with E-state index in [1.54, 1.807) is 6.92 Å². The van der Waals surface area contributed by atoms with Crippen molar-refractivity contribution in [1.82, 2.24) is 15.3 Å². The highest BCUT2D eigenvalue weighted by atomic mass is 16.5. The van der Waals surface area contributed by atoms with Crippen LogP contribution >= 0.6 is 0 Å². The molecule has 1 saturated heterocycles. The van der Waals surface area contributed by atoms with Gasteiger partial charge in [-0.15, -0.1) is 0 Å². The average molecular weight is 412 g/mol. The van der Waals surface area contributed by atoms with E-state index in [9.17, 15) is 4.79 Å². The summed E-state index contributed by atoms with van der Waals surface area (Å²) in [5.74, 6) is 1.07. The predicted molar refractivity (Wildman–Crippen MR) is 121 cm³/mol. The van der Waals surface area contributed by atoms with Crippen LogP contribution in [0.2, 0.25) is 0 Å². The van der Waals surface area contributed by atoms with Gasteiger partial charge in [0.25, 0.3) is 0 Å². The first-order valence-electron chi connectivity index (χ1n) is 10.9. The van der Waals surface area contributed by atoms with Crippen LogP contribution < -0.4 is 10.2 Å². The average Bonchev–Trinajstić information content (AvgIpc) is 3.26. The monoisotopic (exact) mass is 411 g/mol. The Morgan fingerprint density at radius 1 is 1.00 bits per heavy atom. The third-order valence-electron chi connectivity index (χ3n) is 6.87. The Morgan fingerprint density at radius 2 is 1.74 bits per heavy atom. The van der Waals surface area contributed by atoms with Crippen LogP contribution in [0.5, 0.6) is 5.75 Å². The van der Waals surface area contributed by atoms with E-state index in [1.807, 2.05) is 11.0 Å². The summed E-state index contributed by atoms with van der Waals surface area (Å²) in [5, 5.41) is 4.75. The van der Waals surface area contributed by atoms with E-state index in [-0.39, 0.29) is 11.9 Å². The number of para-hydroxylation sites is 1. The van der Waals surface area contributed by atoms with Gasteiger partial charge in [-0.1, -0.05) is 54.6 Å². The van der Waals surface area contributed by atoms with Crippen molar-refractivity contribution in [3.8, 4) is 5.75 Å². The molecule has 5 heteroatoms. The van der Waals surface area contributed by atoms with Crippen LogP contribution in [0.25, 0.3) is 16.5 Å². The molecular formula is C26H25N3O2. The lowest BCUT2D eigenvalue weighted by Gasteiger charge is -2.51. The number of benzene rings is 3. The first-order valence-corrected chi connectivity index (χ1v) is 10.9. The van der Waals surface area contributed by atoms with Gasteiger partial charge < -0.3 is 15.1 Å². The molecule has 0 unspecified atom stereocenters. The van der Waals surface area contributed by atoms with Crippen molar-refractivity contribution in [2.24, 2.45) is 0 Å². The highest BCUT2D eigenvalue weighted by Crippen LogP contribution is 2.48. The predicted octanol–water partition coefficient (Wildman–Crippen LogP) is 4.47. The number of piperidine rings is 1. The van der Waals surface area contributed by atoms with Gasteiger partial charge in [-0.05, 0) is 34.5 Å². The van der Waals surface area contributed by atoms with Gasteiger partial charge in [-0.2, -0.15) is 5.01 Å². The number of rotatable bonds is 1. The van der Waals surface area contributed by atoms with E-state index in [4.69, 9.17) is 4.74 Å².